The van der Waals surface area contributed by atoms with Gasteiger partial charge < -0.3 is 4.74 Å². The van der Waals surface area contributed by atoms with E-state index in [1.54, 1.807) is 18.0 Å². The highest BCUT2D eigenvalue weighted by molar-refractivity contribution is 7.14. The van der Waals surface area contributed by atoms with Gasteiger partial charge in [-0.25, -0.2) is 9.67 Å². The zero-order valence-corrected chi connectivity index (χ0v) is 18.1. The van der Waals surface area contributed by atoms with Crippen LogP contribution in [0.3, 0.4) is 0 Å². The monoisotopic (exact) mass is 418 g/mol. The van der Waals surface area contributed by atoms with Crippen LogP contribution in [0.4, 0.5) is 5.13 Å². The maximum atomic E-state index is 12.9. The number of carbonyl (C=O) groups excluding carboxylic acids is 1. The number of ether oxygens (including phenoxy) is 1. The molecule has 0 unspecified atom stereocenters. The maximum Gasteiger partial charge on any atom is 0.260 e. The molecule has 0 aliphatic rings. The van der Waals surface area contributed by atoms with Crippen molar-refractivity contribution in [2.45, 2.75) is 20.8 Å². The zero-order valence-electron chi connectivity index (χ0n) is 17.3. The number of hydrogen-bond donors (Lipinski definition) is 1. The van der Waals surface area contributed by atoms with E-state index < -0.39 is 0 Å². The van der Waals surface area contributed by atoms with E-state index in [2.05, 4.69) is 15.4 Å². The number of para-hydroxylation sites is 1. The minimum atomic E-state index is -0.232. The molecule has 0 aliphatic carbocycles. The Kier molecular flexibility index (Phi) is 5.37. The molecule has 0 bridgehead atoms. The second kappa shape index (κ2) is 8.12. The summed E-state index contributed by atoms with van der Waals surface area (Å²) in [7, 11) is 1.64. The van der Waals surface area contributed by atoms with Crippen LogP contribution in [-0.4, -0.2) is 27.8 Å². The van der Waals surface area contributed by atoms with Crippen molar-refractivity contribution in [3.05, 3.63) is 76.4 Å². The highest BCUT2D eigenvalue weighted by Crippen LogP contribution is 2.33. The minimum Gasteiger partial charge on any atom is -0.496 e. The number of thiazole rings is 1. The summed E-state index contributed by atoms with van der Waals surface area (Å²) in [4.78, 5) is 17.4. The van der Waals surface area contributed by atoms with Crippen molar-refractivity contribution < 1.29 is 9.53 Å². The number of anilines is 1. The molecule has 7 heteroatoms. The van der Waals surface area contributed by atoms with E-state index in [0.29, 0.717) is 10.7 Å². The predicted octanol–water partition coefficient (Wildman–Crippen LogP) is 5.18. The normalized spacial score (nSPS) is 10.8. The molecule has 0 atom stereocenters. The summed E-state index contributed by atoms with van der Waals surface area (Å²) in [6, 6.07) is 13.9. The van der Waals surface area contributed by atoms with Crippen molar-refractivity contribution in [2.24, 2.45) is 0 Å². The topological polar surface area (TPSA) is 69.0 Å². The molecular weight excluding hydrogens is 396 g/mol. The number of nitrogens with one attached hydrogen (secondary N) is 1. The average molecular weight is 419 g/mol. The molecule has 2 aromatic heterocycles. The van der Waals surface area contributed by atoms with Crippen molar-refractivity contribution >= 4 is 22.4 Å². The second-order valence-electron chi connectivity index (χ2n) is 7.04. The molecule has 0 saturated carbocycles. The third-order valence-electron chi connectivity index (χ3n) is 4.95. The molecule has 1 amide bonds. The lowest BCUT2D eigenvalue weighted by Gasteiger charge is -2.08. The van der Waals surface area contributed by atoms with Crippen molar-refractivity contribution in [1.29, 1.82) is 0 Å². The molecule has 0 fully saturated rings. The standard InChI is InChI=1S/C23H22N4O2S/c1-14-9-10-21(29-4)17(11-14)19-13-30-23(25-19)26-22(28)18-12-24-27(16(18)3)20-8-6-5-7-15(20)2/h5-13H,1-4H3,(H,25,26,28). The van der Waals surface area contributed by atoms with Crippen LogP contribution < -0.4 is 10.1 Å². The van der Waals surface area contributed by atoms with Gasteiger partial charge in [0.25, 0.3) is 5.91 Å². The van der Waals surface area contributed by atoms with Crippen molar-refractivity contribution in [3.63, 3.8) is 0 Å². The van der Waals surface area contributed by atoms with E-state index in [0.717, 1.165) is 39.5 Å². The van der Waals surface area contributed by atoms with Crippen LogP contribution in [0.15, 0.2) is 54.0 Å². The number of methoxy groups -OCH3 is 1. The first-order valence-electron chi connectivity index (χ1n) is 9.50. The Bertz CT molecular complexity index is 1230. The predicted molar refractivity (Wildman–Crippen MR) is 120 cm³/mol. The van der Waals surface area contributed by atoms with E-state index in [1.807, 2.05) is 68.6 Å². The Morgan fingerprint density at radius 3 is 2.70 bits per heavy atom. The summed E-state index contributed by atoms with van der Waals surface area (Å²) in [5.41, 5.74) is 6.12. The van der Waals surface area contributed by atoms with Gasteiger partial charge in [-0.3, -0.25) is 10.1 Å². The van der Waals surface area contributed by atoms with Gasteiger partial charge in [0.05, 0.1) is 35.9 Å². The fourth-order valence-electron chi connectivity index (χ4n) is 3.32. The zero-order chi connectivity index (χ0) is 21.3. The van der Waals surface area contributed by atoms with E-state index in [1.165, 1.54) is 11.3 Å². The second-order valence-corrected chi connectivity index (χ2v) is 7.90. The Morgan fingerprint density at radius 2 is 1.93 bits per heavy atom. The van der Waals surface area contributed by atoms with Gasteiger partial charge in [0, 0.05) is 10.9 Å². The van der Waals surface area contributed by atoms with E-state index >= 15 is 0 Å². The van der Waals surface area contributed by atoms with E-state index in [-0.39, 0.29) is 5.91 Å². The number of hydrogen-bond acceptors (Lipinski definition) is 5. The lowest BCUT2D eigenvalue weighted by molar-refractivity contribution is 0.102. The molecule has 4 aromatic rings. The van der Waals surface area contributed by atoms with Crippen LogP contribution in [0.5, 0.6) is 5.75 Å². The van der Waals surface area contributed by atoms with Crippen LogP contribution in [0.1, 0.15) is 27.2 Å². The molecule has 0 aliphatic heterocycles. The first kappa shape index (κ1) is 19.8. The first-order chi connectivity index (χ1) is 14.5. The molecule has 30 heavy (non-hydrogen) atoms. The summed E-state index contributed by atoms with van der Waals surface area (Å²) >= 11 is 1.38. The molecule has 2 aromatic carbocycles. The van der Waals surface area contributed by atoms with Gasteiger partial charge in [0.15, 0.2) is 5.13 Å². The van der Waals surface area contributed by atoms with Gasteiger partial charge in [-0.05, 0) is 44.5 Å². The largest absolute Gasteiger partial charge is 0.496 e. The fourth-order valence-corrected chi connectivity index (χ4v) is 4.02. The summed E-state index contributed by atoms with van der Waals surface area (Å²) in [5, 5.41) is 9.75. The SMILES string of the molecule is COc1ccc(C)cc1-c1csc(NC(=O)c2cnn(-c3ccccc3C)c2C)n1. The van der Waals surface area contributed by atoms with Crippen LogP contribution in [-0.2, 0) is 0 Å². The molecular formula is C23H22N4O2S. The van der Waals surface area contributed by atoms with Gasteiger partial charge in [-0.15, -0.1) is 11.3 Å². The Balaban J connectivity index is 1.58. The minimum absolute atomic E-state index is 0.232. The Morgan fingerprint density at radius 1 is 1.13 bits per heavy atom. The molecule has 152 valence electrons. The molecule has 2 heterocycles. The van der Waals surface area contributed by atoms with Gasteiger partial charge in [-0.1, -0.05) is 29.8 Å². The van der Waals surface area contributed by atoms with Gasteiger partial charge in [0.1, 0.15) is 5.75 Å². The van der Waals surface area contributed by atoms with Crippen LogP contribution in [0.2, 0.25) is 0 Å². The summed E-state index contributed by atoms with van der Waals surface area (Å²) in [5.74, 6) is 0.517. The third-order valence-corrected chi connectivity index (χ3v) is 5.71. The molecule has 0 saturated heterocycles. The molecule has 1 N–H and O–H groups in total. The smallest absolute Gasteiger partial charge is 0.260 e. The van der Waals surface area contributed by atoms with Crippen LogP contribution in [0.25, 0.3) is 16.9 Å². The summed E-state index contributed by atoms with van der Waals surface area (Å²) in [6.45, 7) is 5.93. The average Bonchev–Trinajstić information content (AvgIpc) is 3.35. The quantitative estimate of drug-likeness (QED) is 0.485. The third kappa shape index (κ3) is 3.71. The number of amides is 1. The van der Waals surface area contributed by atoms with Crippen LogP contribution in [0, 0.1) is 20.8 Å². The molecule has 0 radical (unpaired) electrons. The fraction of sp³-hybridized carbons (Fsp3) is 0.174. The highest BCUT2D eigenvalue weighted by Gasteiger charge is 2.18. The van der Waals surface area contributed by atoms with Crippen LogP contribution >= 0.6 is 11.3 Å². The van der Waals surface area contributed by atoms with Crippen molar-refractivity contribution in [1.82, 2.24) is 14.8 Å². The molecule has 4 rings (SSSR count). The van der Waals surface area contributed by atoms with Crippen molar-refractivity contribution in [2.75, 3.05) is 12.4 Å². The molecule has 0 spiro atoms. The summed E-state index contributed by atoms with van der Waals surface area (Å²) in [6.07, 6.45) is 1.59. The maximum absolute atomic E-state index is 12.9. The van der Waals surface area contributed by atoms with E-state index in [4.69, 9.17) is 4.74 Å². The van der Waals surface area contributed by atoms with Gasteiger partial charge in [0.2, 0.25) is 0 Å². The number of rotatable bonds is 5. The number of aromatic nitrogens is 3. The number of carbonyl (C=O) groups is 1. The Labute approximate surface area is 179 Å². The highest BCUT2D eigenvalue weighted by atomic mass is 32.1. The summed E-state index contributed by atoms with van der Waals surface area (Å²) < 4.78 is 7.24. The lowest BCUT2D eigenvalue weighted by atomic mass is 10.1. The van der Waals surface area contributed by atoms with Crippen molar-refractivity contribution in [3.8, 4) is 22.7 Å². The number of nitrogens with zero attached hydrogens (tertiary/aromatic N) is 3. The van der Waals surface area contributed by atoms with E-state index in [9.17, 15) is 4.79 Å². The molecule has 6 nitrogen and oxygen atoms in total. The number of benzene rings is 2. The van der Waals surface area contributed by atoms with Gasteiger partial charge >= 0.3 is 0 Å². The first-order valence-corrected chi connectivity index (χ1v) is 10.4. The lowest BCUT2D eigenvalue weighted by Crippen LogP contribution is -2.13. The Hall–Kier alpha value is -3.45. The number of aryl methyl sites for hydroxylation is 2. The van der Waals surface area contributed by atoms with Gasteiger partial charge in [-0.2, -0.15) is 5.10 Å².